The molecule has 18 heavy (non-hydrogen) atoms. The van der Waals surface area contributed by atoms with Crippen molar-refractivity contribution in [2.45, 2.75) is 25.9 Å². The number of esters is 1. The molecule has 0 bridgehead atoms. The molecule has 0 aromatic rings. The van der Waals surface area contributed by atoms with Crippen molar-refractivity contribution in [3.05, 3.63) is 0 Å². The van der Waals surface area contributed by atoms with E-state index < -0.39 is 12.1 Å². The third-order valence-corrected chi connectivity index (χ3v) is 2.69. The van der Waals surface area contributed by atoms with Gasteiger partial charge >= 0.3 is 5.97 Å². The Morgan fingerprint density at radius 2 is 2.17 bits per heavy atom. The quantitative estimate of drug-likeness (QED) is 0.504. The molecule has 6 heteroatoms. The first-order valence-corrected chi connectivity index (χ1v) is 6.24. The maximum Gasteiger partial charge on any atom is 0.336 e. The van der Waals surface area contributed by atoms with Crippen LogP contribution in [0.4, 0.5) is 0 Å². The molecule has 0 radical (unpaired) electrons. The lowest BCUT2D eigenvalue weighted by Gasteiger charge is -2.31. The van der Waals surface area contributed by atoms with E-state index in [0.717, 1.165) is 6.42 Å². The molecule has 1 fully saturated rings. The summed E-state index contributed by atoms with van der Waals surface area (Å²) in [6.45, 7) is 4.25. The van der Waals surface area contributed by atoms with Gasteiger partial charge in [-0.15, -0.1) is 0 Å². The van der Waals surface area contributed by atoms with Crippen molar-refractivity contribution in [1.82, 2.24) is 4.90 Å². The molecule has 0 aliphatic carbocycles. The van der Waals surface area contributed by atoms with Crippen LogP contribution in [0, 0.1) is 0 Å². The number of hydrogen-bond acceptors (Lipinski definition) is 5. The highest BCUT2D eigenvalue weighted by atomic mass is 16.6. The summed E-state index contributed by atoms with van der Waals surface area (Å²) in [5, 5.41) is 0. The SMILES string of the molecule is CCCOCCC(=O)N1CCOC(C(=O)OC)C1. The predicted octanol–water partition coefficient (Wildman–Crippen LogP) is 0.204. The van der Waals surface area contributed by atoms with Crippen LogP contribution in [0.3, 0.4) is 0 Å². The minimum absolute atomic E-state index is 0.0108. The Kier molecular flexibility index (Phi) is 6.67. The van der Waals surface area contributed by atoms with Gasteiger partial charge in [0.05, 0.1) is 33.3 Å². The summed E-state index contributed by atoms with van der Waals surface area (Å²) in [7, 11) is 1.31. The molecule has 0 spiro atoms. The molecule has 1 amide bonds. The van der Waals surface area contributed by atoms with E-state index in [1.165, 1.54) is 7.11 Å². The van der Waals surface area contributed by atoms with Crippen molar-refractivity contribution < 1.29 is 23.8 Å². The smallest absolute Gasteiger partial charge is 0.336 e. The Balaban J connectivity index is 2.31. The molecule has 0 aromatic carbocycles. The second-order valence-electron chi connectivity index (χ2n) is 4.08. The number of morpholine rings is 1. The van der Waals surface area contributed by atoms with E-state index in [2.05, 4.69) is 4.74 Å². The van der Waals surface area contributed by atoms with Crippen molar-refractivity contribution in [2.75, 3.05) is 40.0 Å². The maximum atomic E-state index is 11.9. The highest BCUT2D eigenvalue weighted by molar-refractivity contribution is 5.79. The van der Waals surface area contributed by atoms with Gasteiger partial charge in [-0.2, -0.15) is 0 Å². The van der Waals surface area contributed by atoms with E-state index in [9.17, 15) is 9.59 Å². The van der Waals surface area contributed by atoms with E-state index in [1.807, 2.05) is 6.92 Å². The topological polar surface area (TPSA) is 65.1 Å². The molecule has 1 unspecified atom stereocenters. The molecule has 1 rings (SSSR count). The van der Waals surface area contributed by atoms with Crippen molar-refractivity contribution in [1.29, 1.82) is 0 Å². The Hall–Kier alpha value is -1.14. The van der Waals surface area contributed by atoms with Crippen LogP contribution in [0.25, 0.3) is 0 Å². The van der Waals surface area contributed by atoms with Gasteiger partial charge in [0, 0.05) is 13.2 Å². The summed E-state index contributed by atoms with van der Waals surface area (Å²) in [6.07, 6.45) is 0.619. The number of hydrogen-bond donors (Lipinski definition) is 0. The lowest BCUT2D eigenvalue weighted by molar-refractivity contribution is -0.162. The number of rotatable bonds is 6. The minimum atomic E-state index is -0.663. The second-order valence-corrected chi connectivity index (χ2v) is 4.08. The van der Waals surface area contributed by atoms with Gasteiger partial charge in [-0.05, 0) is 6.42 Å². The minimum Gasteiger partial charge on any atom is -0.467 e. The molecule has 6 nitrogen and oxygen atoms in total. The van der Waals surface area contributed by atoms with Crippen LogP contribution in [-0.2, 0) is 23.8 Å². The molecule has 0 saturated carbocycles. The Labute approximate surface area is 107 Å². The van der Waals surface area contributed by atoms with Crippen molar-refractivity contribution in [2.24, 2.45) is 0 Å². The Morgan fingerprint density at radius 3 is 2.83 bits per heavy atom. The summed E-state index contributed by atoms with van der Waals surface area (Å²) in [6, 6.07) is 0. The molecule has 1 heterocycles. The van der Waals surface area contributed by atoms with Gasteiger partial charge in [0.25, 0.3) is 0 Å². The Morgan fingerprint density at radius 1 is 1.39 bits per heavy atom. The van der Waals surface area contributed by atoms with Crippen LogP contribution in [0.1, 0.15) is 19.8 Å². The standard InChI is InChI=1S/C12H21NO5/c1-3-6-17-7-4-11(14)13-5-8-18-10(9-13)12(15)16-2/h10H,3-9H2,1-2H3. The first kappa shape index (κ1) is 14.9. The van der Waals surface area contributed by atoms with Crippen LogP contribution in [-0.4, -0.2) is 62.9 Å². The van der Waals surface area contributed by atoms with Gasteiger partial charge in [-0.25, -0.2) is 4.79 Å². The first-order chi connectivity index (χ1) is 8.69. The summed E-state index contributed by atoms with van der Waals surface area (Å²) in [5.41, 5.74) is 0. The molecule has 104 valence electrons. The van der Waals surface area contributed by atoms with Crippen molar-refractivity contribution >= 4 is 11.9 Å². The van der Waals surface area contributed by atoms with Gasteiger partial charge in [0.1, 0.15) is 0 Å². The predicted molar refractivity (Wildman–Crippen MR) is 64.1 cm³/mol. The molecular weight excluding hydrogens is 238 g/mol. The molecule has 1 aliphatic rings. The van der Waals surface area contributed by atoms with Crippen molar-refractivity contribution in [3.8, 4) is 0 Å². The summed E-state index contributed by atoms with van der Waals surface area (Å²) < 4.78 is 15.1. The van der Waals surface area contributed by atoms with Crippen LogP contribution in [0.15, 0.2) is 0 Å². The third-order valence-electron chi connectivity index (χ3n) is 2.69. The molecule has 1 saturated heterocycles. The molecular formula is C12H21NO5. The summed E-state index contributed by atoms with van der Waals surface area (Å²) >= 11 is 0. The summed E-state index contributed by atoms with van der Waals surface area (Å²) in [5.74, 6) is -0.446. The average molecular weight is 259 g/mol. The van der Waals surface area contributed by atoms with Crippen LogP contribution in [0.5, 0.6) is 0 Å². The zero-order chi connectivity index (χ0) is 13.4. The normalized spacial score (nSPS) is 19.7. The number of nitrogens with zero attached hydrogens (tertiary/aromatic N) is 1. The second kappa shape index (κ2) is 8.05. The number of ether oxygens (including phenoxy) is 3. The van der Waals surface area contributed by atoms with E-state index in [-0.39, 0.29) is 12.5 Å². The number of amides is 1. The van der Waals surface area contributed by atoms with Crippen LogP contribution < -0.4 is 0 Å². The first-order valence-electron chi connectivity index (χ1n) is 6.24. The highest BCUT2D eigenvalue weighted by Gasteiger charge is 2.29. The lowest BCUT2D eigenvalue weighted by Crippen LogP contribution is -2.49. The van der Waals surface area contributed by atoms with Gasteiger partial charge < -0.3 is 19.1 Å². The van der Waals surface area contributed by atoms with Crippen LogP contribution in [0.2, 0.25) is 0 Å². The largest absolute Gasteiger partial charge is 0.467 e. The highest BCUT2D eigenvalue weighted by Crippen LogP contribution is 2.08. The molecule has 0 N–H and O–H groups in total. The zero-order valence-corrected chi connectivity index (χ0v) is 11.0. The van der Waals surface area contributed by atoms with Gasteiger partial charge in [0.2, 0.25) is 5.91 Å². The zero-order valence-electron chi connectivity index (χ0n) is 11.0. The fraction of sp³-hybridized carbons (Fsp3) is 0.833. The van der Waals surface area contributed by atoms with Gasteiger partial charge in [-0.1, -0.05) is 6.92 Å². The fourth-order valence-electron chi connectivity index (χ4n) is 1.71. The van der Waals surface area contributed by atoms with Gasteiger partial charge in [0.15, 0.2) is 6.10 Å². The average Bonchev–Trinajstić information content (AvgIpc) is 2.42. The summed E-state index contributed by atoms with van der Waals surface area (Å²) in [4.78, 5) is 24.8. The van der Waals surface area contributed by atoms with E-state index in [4.69, 9.17) is 9.47 Å². The van der Waals surface area contributed by atoms with E-state index >= 15 is 0 Å². The number of methoxy groups -OCH3 is 1. The number of carbonyl (C=O) groups excluding carboxylic acids is 2. The molecule has 0 aromatic heterocycles. The van der Waals surface area contributed by atoms with E-state index in [1.54, 1.807) is 4.90 Å². The fourth-order valence-corrected chi connectivity index (χ4v) is 1.71. The third kappa shape index (κ3) is 4.62. The maximum absolute atomic E-state index is 11.9. The Bertz CT molecular complexity index is 282. The lowest BCUT2D eigenvalue weighted by atomic mass is 10.2. The van der Waals surface area contributed by atoms with E-state index in [0.29, 0.717) is 32.8 Å². The van der Waals surface area contributed by atoms with Gasteiger partial charge in [-0.3, -0.25) is 4.79 Å². The number of carbonyl (C=O) groups is 2. The van der Waals surface area contributed by atoms with Crippen LogP contribution >= 0.6 is 0 Å². The molecule has 1 aliphatic heterocycles. The van der Waals surface area contributed by atoms with Crippen molar-refractivity contribution in [3.63, 3.8) is 0 Å². The monoisotopic (exact) mass is 259 g/mol. The molecule has 1 atom stereocenters.